The van der Waals surface area contributed by atoms with Gasteiger partial charge in [0.15, 0.2) is 0 Å². The van der Waals surface area contributed by atoms with Crippen molar-refractivity contribution in [2.75, 3.05) is 45.8 Å². The topological polar surface area (TPSA) is 118 Å². The summed E-state index contributed by atoms with van der Waals surface area (Å²) >= 11 is 0. The van der Waals surface area contributed by atoms with Gasteiger partial charge >= 0.3 is 24.4 Å². The number of ether oxygens (including phenoxy) is 4. The highest BCUT2D eigenvalue weighted by atomic mass is 16.6. The Labute approximate surface area is 290 Å². The summed E-state index contributed by atoms with van der Waals surface area (Å²) in [4.78, 5) is 58.9. The summed E-state index contributed by atoms with van der Waals surface area (Å²) in [5, 5.41) is 0. The van der Waals surface area contributed by atoms with Gasteiger partial charge in [0.1, 0.15) is 22.4 Å². The predicted octanol–water partition coefficient (Wildman–Crippen LogP) is 7.84. The molecule has 1 unspecified atom stereocenters. The first-order valence-electron chi connectivity index (χ1n) is 17.4. The van der Waals surface area contributed by atoms with Crippen LogP contribution in [-0.4, -0.2) is 118 Å². The van der Waals surface area contributed by atoms with E-state index in [4.69, 9.17) is 18.9 Å². The van der Waals surface area contributed by atoms with Gasteiger partial charge in [-0.1, -0.05) is 6.08 Å². The van der Waals surface area contributed by atoms with Crippen molar-refractivity contribution in [2.24, 2.45) is 0 Å². The highest BCUT2D eigenvalue weighted by Gasteiger charge is 2.32. The van der Waals surface area contributed by atoms with Crippen molar-refractivity contribution in [3.63, 3.8) is 0 Å². The van der Waals surface area contributed by atoms with Crippen molar-refractivity contribution in [2.45, 2.75) is 150 Å². The Balaban J connectivity index is 3.02. The maximum Gasteiger partial charge on any atom is 0.410 e. The van der Waals surface area contributed by atoms with Gasteiger partial charge in [0.05, 0.1) is 0 Å². The molecule has 0 spiro atoms. The van der Waals surface area contributed by atoms with Crippen LogP contribution < -0.4 is 0 Å². The number of carbonyl (C=O) groups excluding carboxylic acids is 4. The molecule has 1 saturated heterocycles. The minimum absolute atomic E-state index is 0.0553. The molecule has 1 rings (SSSR count). The van der Waals surface area contributed by atoms with Gasteiger partial charge in [0, 0.05) is 51.9 Å². The Kier molecular flexibility index (Phi) is 16.6. The molecule has 0 N–H and O–H groups in total. The Morgan fingerprint density at radius 1 is 0.625 bits per heavy atom. The molecule has 0 bridgehead atoms. The molecule has 1 heterocycles. The van der Waals surface area contributed by atoms with E-state index < -0.39 is 40.7 Å². The van der Waals surface area contributed by atoms with Crippen LogP contribution in [0.5, 0.6) is 0 Å². The highest BCUT2D eigenvalue weighted by Crippen LogP contribution is 2.24. The average Bonchev–Trinajstić information content (AvgIpc) is 2.89. The van der Waals surface area contributed by atoms with Crippen LogP contribution >= 0.6 is 0 Å². The normalized spacial score (nSPS) is 15.7. The van der Waals surface area contributed by atoms with E-state index in [1.807, 2.05) is 83.1 Å². The summed E-state index contributed by atoms with van der Waals surface area (Å²) in [7, 11) is 0. The molecule has 0 aromatic rings. The largest absolute Gasteiger partial charge is 0.444 e. The maximum atomic E-state index is 13.3. The van der Waals surface area contributed by atoms with Gasteiger partial charge in [0.25, 0.3) is 0 Å². The van der Waals surface area contributed by atoms with Gasteiger partial charge in [-0.25, -0.2) is 19.2 Å². The third-order valence-corrected chi connectivity index (χ3v) is 7.00. The van der Waals surface area contributed by atoms with Crippen LogP contribution in [0, 0.1) is 0 Å². The monoisotopic (exact) mass is 682 g/mol. The quantitative estimate of drug-likeness (QED) is 0.142. The Bertz CT molecular complexity index is 1050. The van der Waals surface area contributed by atoms with Crippen LogP contribution in [0.4, 0.5) is 19.2 Å². The van der Waals surface area contributed by atoms with Gasteiger partial charge in [0.2, 0.25) is 0 Å². The number of amides is 4. The summed E-state index contributed by atoms with van der Waals surface area (Å²) in [5.41, 5.74) is -2.61. The lowest BCUT2D eigenvalue weighted by atomic mass is 9.99. The fourth-order valence-electron chi connectivity index (χ4n) is 5.05. The van der Waals surface area contributed by atoms with E-state index in [1.54, 1.807) is 25.7 Å². The summed E-state index contributed by atoms with van der Waals surface area (Å²) < 4.78 is 22.6. The SMILES string of the molecule is C=CCN(CCCN(CCCN(CCC1CCCCN1C(=O)OC(C)(C)C)C(=O)OC(C)(C)C)C(=O)OC(C)(C)C)C(=O)OC(C)(C)C. The molecule has 4 amide bonds. The Hall–Kier alpha value is -3.18. The van der Waals surface area contributed by atoms with Crippen LogP contribution in [0.2, 0.25) is 0 Å². The van der Waals surface area contributed by atoms with Crippen molar-refractivity contribution in [3.8, 4) is 0 Å². The third kappa shape index (κ3) is 18.4. The molecule has 1 aliphatic heterocycles. The Morgan fingerprint density at radius 2 is 1.02 bits per heavy atom. The lowest BCUT2D eigenvalue weighted by Crippen LogP contribution is -2.48. The van der Waals surface area contributed by atoms with E-state index in [2.05, 4.69) is 6.58 Å². The zero-order valence-corrected chi connectivity index (χ0v) is 32.1. The summed E-state index contributed by atoms with van der Waals surface area (Å²) in [5.74, 6) is 0. The second-order valence-electron chi connectivity index (χ2n) is 16.5. The minimum Gasteiger partial charge on any atom is -0.444 e. The summed E-state index contributed by atoms with van der Waals surface area (Å²) in [6, 6.07) is -0.0553. The van der Waals surface area contributed by atoms with E-state index >= 15 is 0 Å². The molecule has 0 aromatic carbocycles. The number of likely N-dealkylation sites (tertiary alicyclic amines) is 1. The van der Waals surface area contributed by atoms with Crippen LogP contribution in [0.3, 0.4) is 0 Å². The number of hydrogen-bond donors (Lipinski definition) is 0. The van der Waals surface area contributed by atoms with Crippen LogP contribution in [0.15, 0.2) is 12.7 Å². The predicted molar refractivity (Wildman–Crippen MR) is 188 cm³/mol. The zero-order valence-electron chi connectivity index (χ0n) is 32.1. The third-order valence-electron chi connectivity index (χ3n) is 7.00. The fourth-order valence-corrected chi connectivity index (χ4v) is 5.05. The number of nitrogens with zero attached hydrogens (tertiary/aromatic N) is 4. The van der Waals surface area contributed by atoms with Crippen molar-refractivity contribution in [1.29, 1.82) is 0 Å². The molecule has 0 radical (unpaired) electrons. The van der Waals surface area contributed by atoms with Gasteiger partial charge in [-0.2, -0.15) is 0 Å². The Morgan fingerprint density at radius 3 is 1.44 bits per heavy atom. The molecule has 0 saturated carbocycles. The second kappa shape index (κ2) is 18.5. The maximum absolute atomic E-state index is 13.3. The summed E-state index contributed by atoms with van der Waals surface area (Å²) in [6.07, 6.45) is 4.25. The van der Waals surface area contributed by atoms with Crippen molar-refractivity contribution in [1.82, 2.24) is 19.6 Å². The number of carbonyl (C=O) groups is 4. The van der Waals surface area contributed by atoms with E-state index in [0.29, 0.717) is 65.1 Å². The standard InChI is InChI=1S/C36H66N4O8/c1-14-21-37(29(41)45-33(2,3)4)22-17-23-38(30(42)46-34(5,6)7)24-18-25-39(31(43)47-35(8,9)10)27-20-28-19-15-16-26-40(28)32(44)48-36(11,12)13/h14,28H,1,15-27H2,2-13H3. The van der Waals surface area contributed by atoms with Gasteiger partial charge in [-0.05, 0) is 122 Å². The highest BCUT2D eigenvalue weighted by molar-refractivity contribution is 5.70. The number of rotatable bonds is 13. The van der Waals surface area contributed by atoms with Crippen molar-refractivity contribution >= 4 is 24.4 Å². The molecule has 12 heteroatoms. The second-order valence-corrected chi connectivity index (χ2v) is 16.5. The van der Waals surface area contributed by atoms with Gasteiger partial charge in [-0.15, -0.1) is 6.58 Å². The van der Waals surface area contributed by atoms with Crippen LogP contribution in [-0.2, 0) is 18.9 Å². The average molecular weight is 683 g/mol. The van der Waals surface area contributed by atoms with Crippen molar-refractivity contribution in [3.05, 3.63) is 12.7 Å². The molecule has 1 atom stereocenters. The first-order chi connectivity index (χ1) is 21.9. The fraction of sp³-hybridized carbons (Fsp3) is 0.833. The first kappa shape index (κ1) is 42.8. The molecule has 48 heavy (non-hydrogen) atoms. The molecule has 1 fully saturated rings. The van der Waals surface area contributed by atoms with Gasteiger partial charge < -0.3 is 38.5 Å². The molecule has 0 aromatic heterocycles. The van der Waals surface area contributed by atoms with Gasteiger partial charge in [-0.3, -0.25) is 0 Å². The van der Waals surface area contributed by atoms with E-state index in [9.17, 15) is 19.2 Å². The van der Waals surface area contributed by atoms with E-state index in [1.165, 1.54) is 0 Å². The van der Waals surface area contributed by atoms with Crippen molar-refractivity contribution < 1.29 is 38.1 Å². The summed E-state index contributed by atoms with van der Waals surface area (Å²) in [6.45, 7) is 28.4. The molecule has 1 aliphatic rings. The first-order valence-corrected chi connectivity index (χ1v) is 17.4. The minimum atomic E-state index is -0.691. The zero-order chi connectivity index (χ0) is 36.9. The lowest BCUT2D eigenvalue weighted by molar-refractivity contribution is 0.00545. The molecular weight excluding hydrogens is 616 g/mol. The van der Waals surface area contributed by atoms with Crippen LogP contribution in [0.25, 0.3) is 0 Å². The number of hydrogen-bond acceptors (Lipinski definition) is 8. The smallest absolute Gasteiger partial charge is 0.410 e. The number of piperidine rings is 1. The molecule has 0 aliphatic carbocycles. The van der Waals surface area contributed by atoms with E-state index in [-0.39, 0.29) is 12.1 Å². The van der Waals surface area contributed by atoms with Crippen LogP contribution in [0.1, 0.15) is 122 Å². The van der Waals surface area contributed by atoms with E-state index in [0.717, 1.165) is 19.3 Å². The lowest BCUT2D eigenvalue weighted by Gasteiger charge is -2.38. The molecule has 12 nitrogen and oxygen atoms in total. The molecule has 278 valence electrons. The molecular formula is C36H66N4O8.